The van der Waals surface area contributed by atoms with Gasteiger partial charge in [0.15, 0.2) is 18.1 Å². The third-order valence-corrected chi connectivity index (χ3v) is 3.46. The Kier molecular flexibility index (Phi) is 4.75. The van der Waals surface area contributed by atoms with Crippen molar-refractivity contribution >= 4 is 23.5 Å². The number of aromatic nitrogens is 1. The number of nitrogens with zero attached hydrogens (tertiary/aromatic N) is 2. The molecule has 5 heteroatoms. The van der Waals surface area contributed by atoms with Crippen molar-refractivity contribution in [3.63, 3.8) is 0 Å². The lowest BCUT2D eigenvalue weighted by Crippen LogP contribution is -1.96. The topological polar surface area (TPSA) is 55.1 Å². The predicted octanol–water partition coefficient (Wildman–Crippen LogP) is 3.53. The molecule has 1 heterocycles. The summed E-state index contributed by atoms with van der Waals surface area (Å²) in [5.41, 5.74) is 2.01. The highest BCUT2D eigenvalue weighted by Crippen LogP contribution is 2.28. The van der Waals surface area contributed by atoms with Gasteiger partial charge in [-0.2, -0.15) is 5.26 Å². The van der Waals surface area contributed by atoms with Gasteiger partial charge in [-0.15, -0.1) is 11.3 Å². The molecule has 0 fully saturated rings. The number of rotatable bonds is 5. The molecule has 0 aliphatic carbocycles. The normalized spacial score (nSPS) is 10.4. The highest BCUT2D eigenvalue weighted by atomic mass is 32.1. The van der Waals surface area contributed by atoms with E-state index in [2.05, 4.69) is 4.98 Å². The average Bonchev–Trinajstić information content (AvgIpc) is 2.89. The van der Waals surface area contributed by atoms with Gasteiger partial charge < -0.3 is 9.47 Å². The summed E-state index contributed by atoms with van der Waals surface area (Å²) < 4.78 is 10.5. The smallest absolute Gasteiger partial charge is 0.174 e. The van der Waals surface area contributed by atoms with Crippen molar-refractivity contribution in [2.75, 3.05) is 13.7 Å². The van der Waals surface area contributed by atoms with Crippen molar-refractivity contribution in [3.05, 3.63) is 39.8 Å². The minimum absolute atomic E-state index is 0.00391. The molecular formula is C15H14N2O2S. The van der Waals surface area contributed by atoms with Gasteiger partial charge in [-0.05, 0) is 30.7 Å². The Morgan fingerprint density at radius 2 is 2.20 bits per heavy atom. The summed E-state index contributed by atoms with van der Waals surface area (Å²) in [5, 5.41) is 11.5. The van der Waals surface area contributed by atoms with Crippen LogP contribution < -0.4 is 9.47 Å². The largest absolute Gasteiger partial charge is 0.493 e. The van der Waals surface area contributed by atoms with Crippen LogP contribution in [0.25, 0.3) is 12.2 Å². The number of hydrogen-bond acceptors (Lipinski definition) is 5. The number of hydrogen-bond donors (Lipinski definition) is 0. The third-order valence-electron chi connectivity index (χ3n) is 2.54. The second-order valence-corrected chi connectivity index (χ2v) is 4.91. The van der Waals surface area contributed by atoms with Crippen LogP contribution in [0.3, 0.4) is 0 Å². The number of thiazole rings is 1. The van der Waals surface area contributed by atoms with Gasteiger partial charge in [0.25, 0.3) is 0 Å². The molecule has 0 saturated carbocycles. The van der Waals surface area contributed by atoms with E-state index in [-0.39, 0.29) is 6.61 Å². The second-order valence-electron chi connectivity index (χ2n) is 4.02. The fourth-order valence-corrected chi connectivity index (χ4v) is 2.32. The van der Waals surface area contributed by atoms with Crippen LogP contribution in [0.5, 0.6) is 11.5 Å². The minimum Gasteiger partial charge on any atom is -0.493 e. The van der Waals surface area contributed by atoms with Crippen LogP contribution in [0, 0.1) is 18.3 Å². The van der Waals surface area contributed by atoms with Crippen LogP contribution in [0.15, 0.2) is 23.6 Å². The van der Waals surface area contributed by atoms with Crippen LogP contribution >= 0.6 is 11.3 Å². The van der Waals surface area contributed by atoms with E-state index >= 15 is 0 Å². The van der Waals surface area contributed by atoms with E-state index in [1.165, 1.54) is 0 Å². The molecule has 2 rings (SSSR count). The first kappa shape index (κ1) is 14.1. The zero-order valence-corrected chi connectivity index (χ0v) is 12.1. The van der Waals surface area contributed by atoms with Crippen molar-refractivity contribution in [2.45, 2.75) is 6.92 Å². The fraction of sp³-hybridized carbons (Fsp3) is 0.200. The van der Waals surface area contributed by atoms with E-state index in [9.17, 15) is 0 Å². The van der Waals surface area contributed by atoms with E-state index in [1.54, 1.807) is 24.5 Å². The van der Waals surface area contributed by atoms with Crippen molar-refractivity contribution in [2.24, 2.45) is 0 Å². The molecule has 20 heavy (non-hydrogen) atoms. The summed E-state index contributed by atoms with van der Waals surface area (Å²) in [6.45, 7) is 1.97. The molecule has 0 aliphatic heterocycles. The van der Waals surface area contributed by atoms with Crippen LogP contribution in [-0.2, 0) is 0 Å². The lowest BCUT2D eigenvalue weighted by atomic mass is 10.2. The van der Waals surface area contributed by atoms with Gasteiger partial charge in [0.1, 0.15) is 11.1 Å². The molecule has 4 nitrogen and oxygen atoms in total. The lowest BCUT2D eigenvalue weighted by Gasteiger charge is -2.08. The Bertz CT molecular complexity index is 656. The third kappa shape index (κ3) is 3.59. The second kappa shape index (κ2) is 6.73. The van der Waals surface area contributed by atoms with Gasteiger partial charge in [-0.3, -0.25) is 0 Å². The highest BCUT2D eigenvalue weighted by Gasteiger charge is 2.04. The Morgan fingerprint density at radius 3 is 2.85 bits per heavy atom. The number of aryl methyl sites for hydroxylation is 1. The van der Waals surface area contributed by atoms with Gasteiger partial charge >= 0.3 is 0 Å². The monoisotopic (exact) mass is 286 g/mol. The van der Waals surface area contributed by atoms with Crippen LogP contribution in [-0.4, -0.2) is 18.7 Å². The van der Waals surface area contributed by atoms with Gasteiger partial charge in [0.2, 0.25) is 0 Å². The standard InChI is InChI=1S/C15H14N2O2S/c1-11-10-20-15(17-11)6-4-12-3-5-13(19-8-7-16)14(9-12)18-2/h3-6,9-10H,8H2,1-2H3/b6-4+. The first-order valence-electron chi connectivity index (χ1n) is 6.01. The molecule has 0 aliphatic rings. The summed E-state index contributed by atoms with van der Waals surface area (Å²) in [4.78, 5) is 4.37. The van der Waals surface area contributed by atoms with Crippen LogP contribution in [0.1, 0.15) is 16.3 Å². The lowest BCUT2D eigenvalue weighted by molar-refractivity contribution is 0.329. The number of nitriles is 1. The molecule has 0 saturated heterocycles. The van der Waals surface area contributed by atoms with Gasteiger partial charge in [0.05, 0.1) is 7.11 Å². The van der Waals surface area contributed by atoms with Gasteiger partial charge in [-0.25, -0.2) is 4.98 Å². The van der Waals surface area contributed by atoms with E-state index in [0.717, 1.165) is 16.3 Å². The first-order valence-corrected chi connectivity index (χ1v) is 6.89. The molecular weight excluding hydrogens is 272 g/mol. The number of ether oxygens (including phenoxy) is 2. The molecule has 2 aromatic rings. The zero-order chi connectivity index (χ0) is 14.4. The highest BCUT2D eigenvalue weighted by molar-refractivity contribution is 7.10. The Labute approximate surface area is 121 Å². The quantitative estimate of drug-likeness (QED) is 0.843. The Balaban J connectivity index is 2.17. The molecule has 102 valence electrons. The maximum absolute atomic E-state index is 8.53. The average molecular weight is 286 g/mol. The zero-order valence-electron chi connectivity index (χ0n) is 11.3. The number of benzene rings is 1. The molecule has 0 spiro atoms. The van der Waals surface area contributed by atoms with Crippen molar-refractivity contribution in [3.8, 4) is 17.6 Å². The van der Waals surface area contributed by atoms with Crippen molar-refractivity contribution in [1.82, 2.24) is 4.98 Å². The van der Waals surface area contributed by atoms with Crippen molar-refractivity contribution in [1.29, 1.82) is 5.26 Å². The van der Waals surface area contributed by atoms with Gasteiger partial charge in [0, 0.05) is 11.1 Å². The predicted molar refractivity (Wildman–Crippen MR) is 79.9 cm³/mol. The molecule has 0 radical (unpaired) electrons. The van der Waals surface area contributed by atoms with E-state index in [0.29, 0.717) is 11.5 Å². The van der Waals surface area contributed by atoms with E-state index < -0.39 is 0 Å². The SMILES string of the molecule is COc1cc(/C=C/c2nc(C)cs2)ccc1OCC#N. The summed E-state index contributed by atoms with van der Waals surface area (Å²) in [6, 6.07) is 7.50. The molecule has 0 atom stereocenters. The maximum atomic E-state index is 8.53. The molecule has 0 bridgehead atoms. The summed E-state index contributed by atoms with van der Waals surface area (Å²) in [6.07, 6.45) is 3.93. The van der Waals surface area contributed by atoms with Crippen molar-refractivity contribution < 1.29 is 9.47 Å². The maximum Gasteiger partial charge on any atom is 0.174 e. The number of methoxy groups -OCH3 is 1. The molecule has 0 amide bonds. The van der Waals surface area contributed by atoms with Crippen LogP contribution in [0.2, 0.25) is 0 Å². The summed E-state index contributed by atoms with van der Waals surface area (Å²) in [7, 11) is 1.58. The van der Waals surface area contributed by atoms with E-state index in [4.69, 9.17) is 14.7 Å². The molecule has 0 unspecified atom stereocenters. The molecule has 1 aromatic heterocycles. The summed E-state index contributed by atoms with van der Waals surface area (Å²) in [5.74, 6) is 1.18. The Morgan fingerprint density at radius 1 is 1.35 bits per heavy atom. The molecule has 0 N–H and O–H groups in total. The van der Waals surface area contributed by atoms with Crippen LogP contribution in [0.4, 0.5) is 0 Å². The minimum atomic E-state index is 0.00391. The summed E-state index contributed by atoms with van der Waals surface area (Å²) >= 11 is 1.60. The molecule has 1 aromatic carbocycles. The van der Waals surface area contributed by atoms with Gasteiger partial charge in [-0.1, -0.05) is 12.1 Å². The fourth-order valence-electron chi connectivity index (χ4n) is 1.63. The first-order chi connectivity index (χ1) is 9.72. The van der Waals surface area contributed by atoms with E-state index in [1.807, 2.05) is 42.7 Å². The Hall–Kier alpha value is -2.32.